The standard InChI is InChI=1S/C29H46O2.C4H8/c1-19(2)8-7-9-20(3)25-12-13-26-24-11-10-22-18-23(31-21(4)30)14-16-28(22,5)27(24)15-17-29(25,26)6;1-3-4-2/h8,10,20,23-27H,7,9,11-18H2,1-6H3;3-4H,1-2H3/b;4-3-. The Kier molecular flexibility index (Phi) is 9.55. The number of hydrogen-bond donors (Lipinski definition) is 0. The number of hydrogen-bond acceptors (Lipinski definition) is 2. The van der Waals surface area contributed by atoms with Crippen LogP contribution in [0.5, 0.6) is 0 Å². The van der Waals surface area contributed by atoms with Gasteiger partial charge in [-0.2, -0.15) is 0 Å². The van der Waals surface area contributed by atoms with Crippen molar-refractivity contribution >= 4 is 5.97 Å². The van der Waals surface area contributed by atoms with Crippen LogP contribution in [0.1, 0.15) is 120 Å². The third kappa shape index (κ3) is 5.99. The Balaban J connectivity index is 0.000000795. The van der Waals surface area contributed by atoms with Gasteiger partial charge in [0.25, 0.3) is 0 Å². The van der Waals surface area contributed by atoms with Crippen molar-refractivity contribution in [2.75, 3.05) is 0 Å². The molecular weight excluding hydrogens is 428 g/mol. The Morgan fingerprint density at radius 1 is 1.06 bits per heavy atom. The van der Waals surface area contributed by atoms with E-state index in [-0.39, 0.29) is 12.1 Å². The number of rotatable bonds is 5. The van der Waals surface area contributed by atoms with Crippen LogP contribution in [0, 0.1) is 40.4 Å². The molecule has 0 aliphatic heterocycles. The number of esters is 1. The summed E-state index contributed by atoms with van der Waals surface area (Å²) in [5, 5.41) is 0. The molecule has 3 saturated carbocycles. The van der Waals surface area contributed by atoms with Crippen LogP contribution in [0.25, 0.3) is 0 Å². The van der Waals surface area contributed by atoms with Crippen molar-refractivity contribution in [2.24, 2.45) is 40.4 Å². The van der Waals surface area contributed by atoms with E-state index < -0.39 is 0 Å². The molecule has 4 aliphatic rings. The van der Waals surface area contributed by atoms with Gasteiger partial charge in [-0.15, -0.1) is 0 Å². The van der Waals surface area contributed by atoms with Crippen LogP contribution in [0.3, 0.4) is 0 Å². The second-order valence-corrected chi connectivity index (χ2v) is 13.0. The molecule has 4 rings (SSSR count). The first kappa shape index (κ1) is 28.3. The fourth-order valence-electron chi connectivity index (χ4n) is 8.77. The molecule has 35 heavy (non-hydrogen) atoms. The predicted molar refractivity (Wildman–Crippen MR) is 149 cm³/mol. The molecule has 0 saturated heterocycles. The number of allylic oxidation sites excluding steroid dienone is 5. The van der Waals surface area contributed by atoms with Crippen LogP contribution >= 0.6 is 0 Å². The minimum atomic E-state index is -0.118. The first-order chi connectivity index (χ1) is 16.6. The van der Waals surface area contributed by atoms with Gasteiger partial charge in [-0.3, -0.25) is 4.79 Å². The van der Waals surface area contributed by atoms with Gasteiger partial charge in [-0.25, -0.2) is 0 Å². The summed E-state index contributed by atoms with van der Waals surface area (Å²) in [6.07, 6.45) is 21.9. The molecule has 0 radical (unpaired) electrons. The molecule has 4 aliphatic carbocycles. The summed E-state index contributed by atoms with van der Waals surface area (Å²) in [5.74, 6) is 4.24. The van der Waals surface area contributed by atoms with E-state index in [9.17, 15) is 4.79 Å². The van der Waals surface area contributed by atoms with Gasteiger partial charge in [0.2, 0.25) is 0 Å². The number of ether oxygens (including phenoxy) is 1. The lowest BCUT2D eigenvalue weighted by Crippen LogP contribution is -2.51. The van der Waals surface area contributed by atoms with Crippen LogP contribution in [0.2, 0.25) is 0 Å². The molecule has 0 aromatic carbocycles. The second-order valence-electron chi connectivity index (χ2n) is 13.0. The van der Waals surface area contributed by atoms with E-state index in [1.807, 2.05) is 26.0 Å². The highest BCUT2D eigenvalue weighted by molar-refractivity contribution is 5.66. The molecule has 0 N–H and O–H groups in total. The molecule has 0 aromatic heterocycles. The van der Waals surface area contributed by atoms with Crippen molar-refractivity contribution in [3.8, 4) is 0 Å². The van der Waals surface area contributed by atoms with Crippen molar-refractivity contribution in [3.05, 3.63) is 35.5 Å². The third-order valence-corrected chi connectivity index (χ3v) is 10.7. The van der Waals surface area contributed by atoms with Crippen LogP contribution in [-0.2, 0) is 9.53 Å². The van der Waals surface area contributed by atoms with Crippen molar-refractivity contribution in [1.29, 1.82) is 0 Å². The van der Waals surface area contributed by atoms with Gasteiger partial charge in [0, 0.05) is 13.3 Å². The largest absolute Gasteiger partial charge is 0.462 e. The molecule has 198 valence electrons. The Labute approximate surface area is 217 Å². The quantitative estimate of drug-likeness (QED) is 0.288. The minimum Gasteiger partial charge on any atom is -0.462 e. The zero-order chi connectivity index (χ0) is 25.8. The van der Waals surface area contributed by atoms with Gasteiger partial charge in [-0.05, 0) is 126 Å². The molecular formula is C33H54O2. The van der Waals surface area contributed by atoms with Crippen LogP contribution < -0.4 is 0 Å². The molecule has 2 nitrogen and oxygen atoms in total. The topological polar surface area (TPSA) is 26.3 Å². The molecule has 0 amide bonds. The molecule has 8 atom stereocenters. The van der Waals surface area contributed by atoms with Gasteiger partial charge in [0.1, 0.15) is 6.10 Å². The Bertz CT molecular complexity index is 811. The Morgan fingerprint density at radius 3 is 2.40 bits per heavy atom. The maximum Gasteiger partial charge on any atom is 0.302 e. The summed E-state index contributed by atoms with van der Waals surface area (Å²) in [7, 11) is 0. The predicted octanol–water partition coefficient (Wildman–Crippen LogP) is 9.46. The smallest absolute Gasteiger partial charge is 0.302 e. The lowest BCUT2D eigenvalue weighted by atomic mass is 9.47. The highest BCUT2D eigenvalue weighted by Gasteiger charge is 2.59. The van der Waals surface area contributed by atoms with Crippen LogP contribution in [0.15, 0.2) is 35.5 Å². The lowest BCUT2D eigenvalue weighted by molar-refractivity contribution is -0.148. The van der Waals surface area contributed by atoms with E-state index in [4.69, 9.17) is 4.74 Å². The second kappa shape index (κ2) is 11.8. The summed E-state index contributed by atoms with van der Waals surface area (Å²) in [6, 6.07) is 0. The Morgan fingerprint density at radius 2 is 1.77 bits per heavy atom. The molecule has 0 bridgehead atoms. The zero-order valence-electron chi connectivity index (χ0n) is 24.2. The number of carbonyl (C=O) groups is 1. The van der Waals surface area contributed by atoms with Crippen LogP contribution in [0.4, 0.5) is 0 Å². The van der Waals surface area contributed by atoms with E-state index in [0.717, 1.165) is 42.4 Å². The Hall–Kier alpha value is -1.31. The van der Waals surface area contributed by atoms with Gasteiger partial charge in [0.15, 0.2) is 0 Å². The van der Waals surface area contributed by atoms with E-state index in [1.165, 1.54) is 56.9 Å². The average Bonchev–Trinajstić information content (AvgIpc) is 3.16. The van der Waals surface area contributed by atoms with E-state index in [0.29, 0.717) is 10.8 Å². The van der Waals surface area contributed by atoms with Crippen molar-refractivity contribution < 1.29 is 9.53 Å². The molecule has 2 heteroatoms. The molecule has 8 unspecified atom stereocenters. The lowest BCUT2D eigenvalue weighted by Gasteiger charge is -2.58. The molecule has 0 heterocycles. The summed E-state index contributed by atoms with van der Waals surface area (Å²) in [6.45, 7) is 17.8. The molecule has 0 aromatic rings. The first-order valence-corrected chi connectivity index (χ1v) is 14.6. The summed E-state index contributed by atoms with van der Waals surface area (Å²) in [5.41, 5.74) is 3.96. The van der Waals surface area contributed by atoms with Crippen molar-refractivity contribution in [1.82, 2.24) is 0 Å². The van der Waals surface area contributed by atoms with Gasteiger partial charge in [0.05, 0.1) is 0 Å². The normalized spacial score (nSPS) is 38.7. The zero-order valence-corrected chi connectivity index (χ0v) is 24.2. The van der Waals surface area contributed by atoms with E-state index in [2.05, 4.69) is 46.8 Å². The van der Waals surface area contributed by atoms with Gasteiger partial charge >= 0.3 is 5.97 Å². The maximum absolute atomic E-state index is 11.5. The van der Waals surface area contributed by atoms with Crippen LogP contribution in [-0.4, -0.2) is 12.1 Å². The SMILES string of the molecule is C/C=C\C.CC(=O)OC1CCC2(C)C(=CCC3C2CCC2(C)C(C(C)CCC=C(C)C)CCC32)C1. The molecule has 3 fully saturated rings. The maximum atomic E-state index is 11.5. The first-order valence-electron chi connectivity index (χ1n) is 14.6. The number of carbonyl (C=O) groups excluding carboxylic acids is 1. The molecule has 0 spiro atoms. The third-order valence-electron chi connectivity index (χ3n) is 10.7. The van der Waals surface area contributed by atoms with Crippen molar-refractivity contribution in [3.63, 3.8) is 0 Å². The fraction of sp³-hybridized carbons (Fsp3) is 0.788. The number of fused-ring (bicyclic) bond motifs is 5. The van der Waals surface area contributed by atoms with E-state index in [1.54, 1.807) is 12.5 Å². The fourth-order valence-corrected chi connectivity index (χ4v) is 8.77. The minimum absolute atomic E-state index is 0.111. The monoisotopic (exact) mass is 482 g/mol. The highest BCUT2D eigenvalue weighted by Crippen LogP contribution is 2.67. The van der Waals surface area contributed by atoms with Crippen molar-refractivity contribution in [2.45, 2.75) is 126 Å². The van der Waals surface area contributed by atoms with E-state index >= 15 is 0 Å². The summed E-state index contributed by atoms with van der Waals surface area (Å²) < 4.78 is 5.61. The van der Waals surface area contributed by atoms with Gasteiger partial charge < -0.3 is 4.74 Å². The summed E-state index contributed by atoms with van der Waals surface area (Å²) >= 11 is 0. The highest BCUT2D eigenvalue weighted by atomic mass is 16.5. The van der Waals surface area contributed by atoms with Gasteiger partial charge in [-0.1, -0.05) is 56.2 Å². The summed E-state index contributed by atoms with van der Waals surface area (Å²) in [4.78, 5) is 11.5. The average molecular weight is 483 g/mol.